The minimum atomic E-state index is 0. The van der Waals surface area contributed by atoms with Crippen LogP contribution < -0.4 is 0 Å². The van der Waals surface area contributed by atoms with Crippen LogP contribution in [0.2, 0.25) is 0 Å². The van der Waals surface area contributed by atoms with Crippen molar-refractivity contribution in [1.82, 2.24) is 0 Å². The van der Waals surface area contributed by atoms with Crippen molar-refractivity contribution in [3.8, 4) is 22.3 Å². The fourth-order valence-corrected chi connectivity index (χ4v) is 6.96. The fraction of sp³-hybridized carbons (Fsp3) is 0.426. The number of aryl methyl sites for hydroxylation is 3. The number of unbranched alkanes of at least 4 members (excludes halogenated alkanes) is 10. The van der Waals surface area contributed by atoms with Crippen LogP contribution in [0.25, 0.3) is 22.3 Å². The van der Waals surface area contributed by atoms with Crippen molar-refractivity contribution < 1.29 is 16.5 Å². The molecule has 0 unspecified atom stereocenters. The first-order valence-electron chi connectivity index (χ1n) is 19.0. The number of nitrogens with zero attached hydrogens (tertiary/aromatic N) is 2. The van der Waals surface area contributed by atoms with Crippen LogP contribution in [0, 0.1) is 14.4 Å². The predicted molar refractivity (Wildman–Crippen MR) is 219 cm³/mol. The molecule has 0 heterocycles. The van der Waals surface area contributed by atoms with Crippen LogP contribution >= 0.6 is 0 Å². The van der Waals surface area contributed by atoms with Gasteiger partial charge in [0.15, 0.2) is 0 Å². The zero-order valence-corrected chi connectivity index (χ0v) is 33.0. The second-order valence-corrected chi connectivity index (χ2v) is 13.6. The summed E-state index contributed by atoms with van der Waals surface area (Å²) in [6.07, 6.45) is 21.4. The van der Waals surface area contributed by atoms with Crippen LogP contribution in [-0.4, -0.2) is 11.9 Å². The molecule has 0 amide bonds. The number of hydrogen-bond acceptors (Lipinski definition) is 2. The van der Waals surface area contributed by atoms with Crippen molar-refractivity contribution in [3.05, 3.63) is 115 Å². The Kier molecular flexibility index (Phi) is 20.6. The molecular weight excluding hydrogens is 651 g/mol. The van der Waals surface area contributed by atoms with Crippen molar-refractivity contribution in [2.24, 2.45) is 9.98 Å². The molecule has 2 nitrogen and oxygen atoms in total. The maximum Gasteiger partial charge on any atom is 0.0642 e. The van der Waals surface area contributed by atoms with Crippen molar-refractivity contribution in [1.29, 1.82) is 0 Å². The van der Waals surface area contributed by atoms with E-state index in [0.29, 0.717) is 0 Å². The molecule has 0 atom stereocenters. The number of hydrogen-bond donors (Lipinski definition) is 0. The molecule has 272 valence electrons. The third-order valence-corrected chi connectivity index (χ3v) is 9.55. The van der Waals surface area contributed by atoms with E-state index in [1.54, 1.807) is 5.56 Å². The first-order chi connectivity index (χ1) is 23.5. The van der Waals surface area contributed by atoms with E-state index in [0.717, 1.165) is 29.9 Å². The molecular formula is C47H63N2Ni-. The summed E-state index contributed by atoms with van der Waals surface area (Å²) >= 11 is 0. The van der Waals surface area contributed by atoms with Crippen LogP contribution in [0.1, 0.15) is 127 Å². The Bertz CT molecular complexity index is 1590. The summed E-state index contributed by atoms with van der Waals surface area (Å²) in [6, 6.07) is 30.5. The molecule has 4 rings (SSSR count). The van der Waals surface area contributed by atoms with Gasteiger partial charge in [0.2, 0.25) is 0 Å². The van der Waals surface area contributed by atoms with Crippen molar-refractivity contribution in [2.75, 3.05) is 0 Å². The van der Waals surface area contributed by atoms with Crippen LogP contribution in [0.4, 0.5) is 11.4 Å². The third-order valence-electron chi connectivity index (χ3n) is 9.55. The zero-order chi connectivity index (χ0) is 34.0. The molecule has 0 fully saturated rings. The first-order valence-corrected chi connectivity index (χ1v) is 19.0. The van der Waals surface area contributed by atoms with Crippen LogP contribution in [0.3, 0.4) is 0 Å². The van der Waals surface area contributed by atoms with Gasteiger partial charge in [0, 0.05) is 22.7 Å². The minimum Gasteiger partial charge on any atom is -0.358 e. The standard InChI is InChI=1S/C46H60N2.CH3.Ni/c1-6-9-11-13-15-19-29-41-33-42(32-38(8-3)44(41)30-24-16-14-12-10-7-2)47-35-37(5)48-43-31-36(4)46(40-27-22-18-23-28-40)45(34-43)39-25-20-17-21-26-39;;/h17-18,20-23,25-28,31-35H,6-16,19,24,29-30H2,1-5H3;1H3;/q;-1;. The first kappa shape index (κ1) is 42.9. The molecule has 0 radical (unpaired) electrons. The van der Waals surface area contributed by atoms with Crippen LogP contribution in [0.15, 0.2) is 94.9 Å². The Labute approximate surface area is 316 Å². The molecule has 0 bridgehead atoms. The van der Waals surface area contributed by atoms with E-state index in [9.17, 15) is 0 Å². The number of aliphatic imine (C=N–C) groups is 2. The second-order valence-electron chi connectivity index (χ2n) is 13.6. The predicted octanol–water partition coefficient (Wildman–Crippen LogP) is 14.6. The molecule has 0 saturated heterocycles. The van der Waals surface area contributed by atoms with Gasteiger partial charge >= 0.3 is 0 Å². The molecule has 4 aromatic carbocycles. The van der Waals surface area contributed by atoms with E-state index in [-0.39, 0.29) is 23.9 Å². The van der Waals surface area contributed by atoms with Crippen molar-refractivity contribution in [2.45, 2.75) is 131 Å². The molecule has 0 aliphatic heterocycles. The maximum atomic E-state index is 5.06. The Hall–Kier alpha value is -3.29. The third kappa shape index (κ3) is 13.4. The Morgan fingerprint density at radius 3 is 1.74 bits per heavy atom. The minimum absolute atomic E-state index is 0. The SMILES string of the molecule is CCCCCCCCc1cc(N=CC(C)=Nc2cc(C)c(-c3ccccc3)c(-c3ccccc3)c2)cc(CC)c1CCCCCCCC.[CH3-].[Ni]. The topological polar surface area (TPSA) is 24.7 Å². The van der Waals surface area contributed by atoms with Crippen molar-refractivity contribution in [3.63, 3.8) is 0 Å². The Balaban J connectivity index is 0.00000433. The fourth-order valence-electron chi connectivity index (χ4n) is 6.96. The van der Waals surface area contributed by atoms with Gasteiger partial charge in [-0.05, 0) is 115 Å². The number of rotatable bonds is 20. The van der Waals surface area contributed by atoms with E-state index in [1.165, 1.54) is 122 Å². The quantitative estimate of drug-likeness (QED) is 0.0377. The average molecular weight is 715 g/mol. The van der Waals surface area contributed by atoms with Gasteiger partial charge in [-0.15, -0.1) is 0 Å². The van der Waals surface area contributed by atoms with E-state index in [4.69, 9.17) is 9.98 Å². The van der Waals surface area contributed by atoms with E-state index in [2.05, 4.69) is 120 Å². The van der Waals surface area contributed by atoms with Gasteiger partial charge in [-0.3, -0.25) is 9.98 Å². The summed E-state index contributed by atoms with van der Waals surface area (Å²) in [4.78, 5) is 10.1. The van der Waals surface area contributed by atoms with Gasteiger partial charge in [-0.2, -0.15) is 0 Å². The summed E-state index contributed by atoms with van der Waals surface area (Å²) in [5, 5.41) is 0. The second kappa shape index (κ2) is 24.0. The van der Waals surface area contributed by atoms with E-state index in [1.807, 2.05) is 6.21 Å². The van der Waals surface area contributed by atoms with E-state index < -0.39 is 0 Å². The summed E-state index contributed by atoms with van der Waals surface area (Å²) in [6.45, 7) is 11.2. The maximum absolute atomic E-state index is 5.06. The summed E-state index contributed by atoms with van der Waals surface area (Å²) in [5.74, 6) is 0. The summed E-state index contributed by atoms with van der Waals surface area (Å²) in [7, 11) is 0. The summed E-state index contributed by atoms with van der Waals surface area (Å²) in [5.41, 5.74) is 13.7. The van der Waals surface area contributed by atoms with Gasteiger partial charge in [-0.25, -0.2) is 0 Å². The average Bonchev–Trinajstić information content (AvgIpc) is 3.11. The van der Waals surface area contributed by atoms with Gasteiger partial charge in [0.25, 0.3) is 0 Å². The molecule has 0 aliphatic rings. The number of benzene rings is 4. The summed E-state index contributed by atoms with van der Waals surface area (Å²) < 4.78 is 0. The smallest absolute Gasteiger partial charge is 0.0642 e. The van der Waals surface area contributed by atoms with Crippen molar-refractivity contribution >= 4 is 23.3 Å². The molecule has 4 aromatic rings. The zero-order valence-electron chi connectivity index (χ0n) is 32.0. The van der Waals surface area contributed by atoms with Gasteiger partial charge < -0.3 is 7.43 Å². The normalized spacial score (nSPS) is 11.4. The van der Waals surface area contributed by atoms with Gasteiger partial charge in [-0.1, -0.05) is 146 Å². The van der Waals surface area contributed by atoms with Gasteiger partial charge in [0.1, 0.15) is 0 Å². The van der Waals surface area contributed by atoms with E-state index >= 15 is 0 Å². The largest absolute Gasteiger partial charge is 0.358 e. The Morgan fingerprint density at radius 1 is 0.600 bits per heavy atom. The monoisotopic (exact) mass is 713 g/mol. The van der Waals surface area contributed by atoms with Crippen LogP contribution in [-0.2, 0) is 35.8 Å². The molecule has 0 N–H and O–H groups in total. The molecule has 0 aliphatic carbocycles. The molecule has 0 aromatic heterocycles. The van der Waals surface area contributed by atoms with Crippen LogP contribution in [0.5, 0.6) is 0 Å². The molecule has 0 saturated carbocycles. The Morgan fingerprint density at radius 2 is 1.14 bits per heavy atom. The molecule has 50 heavy (non-hydrogen) atoms. The molecule has 0 spiro atoms. The molecule has 3 heteroatoms. The van der Waals surface area contributed by atoms with Gasteiger partial charge in [0.05, 0.1) is 17.1 Å².